The van der Waals surface area contributed by atoms with Crippen molar-refractivity contribution in [2.24, 2.45) is 5.41 Å². The van der Waals surface area contributed by atoms with Gasteiger partial charge < -0.3 is 10.3 Å². The average molecular weight is 196 g/mol. The van der Waals surface area contributed by atoms with Crippen LogP contribution in [0.15, 0.2) is 12.2 Å². The normalized spacial score (nSPS) is 11.1. The van der Waals surface area contributed by atoms with Crippen LogP contribution in [0.3, 0.4) is 0 Å². The number of esters is 1. The predicted octanol–water partition coefficient (Wildman–Crippen LogP) is 1.82. The molecule has 0 N–H and O–H groups in total. The second-order valence-corrected chi connectivity index (χ2v) is 3.91. The molecule has 14 heavy (non-hydrogen) atoms. The average Bonchev–Trinajstić information content (AvgIpc) is 2.03. The highest BCUT2D eigenvalue weighted by atomic mass is 16.5. The zero-order valence-corrected chi connectivity index (χ0v) is 9.07. The van der Waals surface area contributed by atoms with Crippen LogP contribution < -0.4 is 0 Å². The van der Waals surface area contributed by atoms with E-state index in [0.717, 1.165) is 0 Å². The molecule has 0 fully saturated rings. The quantitative estimate of drug-likeness (QED) is 0.299. The molecule has 0 rings (SSSR count). The molecular formula is C10H16N2O2. The molecule has 0 aromatic carbocycles. The molecule has 78 valence electrons. The predicted molar refractivity (Wildman–Crippen MR) is 53.9 cm³/mol. The minimum atomic E-state index is -0.615. The van der Waals surface area contributed by atoms with Crippen LogP contribution >= 0.6 is 0 Å². The van der Waals surface area contributed by atoms with Crippen LogP contribution in [0, 0.1) is 5.41 Å². The van der Waals surface area contributed by atoms with E-state index in [2.05, 4.69) is 9.53 Å². The Balaban J connectivity index is 4.56. The minimum Gasteiger partial charge on any atom is -0.457 e. The van der Waals surface area contributed by atoms with Crippen molar-refractivity contribution >= 4 is 11.7 Å². The third kappa shape index (κ3) is 5.27. The number of rotatable bonds is 3. The number of nitrogens with zero attached hydrogens (tertiary/aromatic N) is 2. The summed E-state index contributed by atoms with van der Waals surface area (Å²) < 4.78 is 4.68. The Kier molecular flexibility index (Phi) is 4.81. The van der Waals surface area contributed by atoms with Gasteiger partial charge in [-0.3, -0.25) is 0 Å². The maximum Gasteiger partial charge on any atom is 0.421 e. The fourth-order valence-electron chi connectivity index (χ4n) is 0.676. The topological polar surface area (TPSA) is 62.7 Å². The summed E-state index contributed by atoms with van der Waals surface area (Å²) in [5.41, 5.74) is 8.41. The number of hydrogen-bond acceptors (Lipinski definition) is 2. The molecule has 0 aromatic rings. The molecule has 0 unspecified atom stereocenters. The standard InChI is InChI=1S/C10H16N2O2/c1-5-14-9(13)8(12-11)6-7-10(2,3)4/h6-7H,5H2,1-4H3/b7-6+. The molecule has 0 spiro atoms. The van der Waals surface area contributed by atoms with Crippen LogP contribution in [0.25, 0.3) is 5.53 Å². The lowest BCUT2D eigenvalue weighted by molar-refractivity contribution is -0.139. The van der Waals surface area contributed by atoms with Gasteiger partial charge in [0.25, 0.3) is 0 Å². The summed E-state index contributed by atoms with van der Waals surface area (Å²) >= 11 is 0. The molecule has 0 saturated heterocycles. The Morgan fingerprint density at radius 2 is 2.07 bits per heavy atom. The highest BCUT2D eigenvalue weighted by Gasteiger charge is 2.18. The summed E-state index contributed by atoms with van der Waals surface area (Å²) in [5, 5.41) is 0. The number of allylic oxidation sites excluding steroid dienone is 1. The molecule has 0 radical (unpaired) electrons. The summed E-state index contributed by atoms with van der Waals surface area (Å²) in [6.07, 6.45) is 3.23. The van der Waals surface area contributed by atoms with Crippen molar-refractivity contribution in [1.29, 1.82) is 0 Å². The summed E-state index contributed by atoms with van der Waals surface area (Å²) in [6.45, 7) is 7.89. The molecule has 0 amide bonds. The Hall–Kier alpha value is -1.41. The van der Waals surface area contributed by atoms with Crippen molar-refractivity contribution in [3.05, 3.63) is 17.7 Å². The third-order valence-electron chi connectivity index (χ3n) is 1.33. The van der Waals surface area contributed by atoms with E-state index in [0.29, 0.717) is 0 Å². The van der Waals surface area contributed by atoms with Crippen LogP contribution in [0.2, 0.25) is 0 Å². The van der Waals surface area contributed by atoms with E-state index >= 15 is 0 Å². The van der Waals surface area contributed by atoms with Gasteiger partial charge in [0.1, 0.15) is 0 Å². The van der Waals surface area contributed by atoms with E-state index in [-0.39, 0.29) is 17.7 Å². The first kappa shape index (κ1) is 12.6. The van der Waals surface area contributed by atoms with E-state index < -0.39 is 5.97 Å². The molecule has 4 nitrogen and oxygen atoms in total. The fourth-order valence-corrected chi connectivity index (χ4v) is 0.676. The van der Waals surface area contributed by atoms with E-state index in [9.17, 15) is 4.79 Å². The van der Waals surface area contributed by atoms with Crippen LogP contribution in [0.4, 0.5) is 0 Å². The first-order valence-corrected chi connectivity index (χ1v) is 4.49. The maximum atomic E-state index is 11.1. The second kappa shape index (κ2) is 5.35. The molecule has 0 heterocycles. The summed E-state index contributed by atoms with van der Waals surface area (Å²) in [7, 11) is 0. The summed E-state index contributed by atoms with van der Waals surface area (Å²) in [5.74, 6) is -0.615. The molecule has 4 heteroatoms. The van der Waals surface area contributed by atoms with Gasteiger partial charge in [-0.25, -0.2) is 4.79 Å². The van der Waals surface area contributed by atoms with Crippen molar-refractivity contribution < 1.29 is 14.3 Å². The van der Waals surface area contributed by atoms with Gasteiger partial charge in [0.2, 0.25) is 0 Å². The van der Waals surface area contributed by atoms with Crippen LogP contribution in [0.5, 0.6) is 0 Å². The molecule has 0 aromatic heterocycles. The zero-order chi connectivity index (χ0) is 11.2. The highest BCUT2D eigenvalue weighted by molar-refractivity contribution is 6.38. The van der Waals surface area contributed by atoms with Gasteiger partial charge in [-0.2, -0.15) is 4.79 Å². The van der Waals surface area contributed by atoms with Gasteiger partial charge in [0, 0.05) is 6.08 Å². The lowest BCUT2D eigenvalue weighted by Gasteiger charge is -2.09. The number of ether oxygens (including phenoxy) is 1. The van der Waals surface area contributed by atoms with E-state index in [1.54, 1.807) is 13.0 Å². The summed E-state index contributed by atoms with van der Waals surface area (Å²) in [4.78, 5) is 14.0. The lowest BCUT2D eigenvalue weighted by atomic mass is 9.96. The van der Waals surface area contributed by atoms with Crippen molar-refractivity contribution in [3.8, 4) is 0 Å². The van der Waals surface area contributed by atoms with E-state index in [1.807, 2.05) is 20.8 Å². The number of hydrogen-bond donors (Lipinski definition) is 0. The monoisotopic (exact) mass is 196 g/mol. The first-order chi connectivity index (χ1) is 6.40. The van der Waals surface area contributed by atoms with Crippen LogP contribution in [0.1, 0.15) is 27.7 Å². The number of carbonyl (C=O) groups is 1. The third-order valence-corrected chi connectivity index (χ3v) is 1.33. The lowest BCUT2D eigenvalue weighted by Crippen LogP contribution is -2.17. The fraction of sp³-hybridized carbons (Fsp3) is 0.600. The Bertz CT molecular complexity index is 281. The van der Waals surface area contributed by atoms with Crippen molar-refractivity contribution in [2.75, 3.05) is 6.61 Å². The molecule has 0 saturated carbocycles. The van der Waals surface area contributed by atoms with E-state index in [1.165, 1.54) is 6.08 Å². The van der Waals surface area contributed by atoms with Crippen molar-refractivity contribution in [1.82, 2.24) is 0 Å². The Morgan fingerprint density at radius 1 is 1.50 bits per heavy atom. The largest absolute Gasteiger partial charge is 0.457 e. The minimum absolute atomic E-state index is 0.0670. The number of carbonyl (C=O) groups excluding carboxylic acids is 1. The second-order valence-electron chi connectivity index (χ2n) is 3.91. The van der Waals surface area contributed by atoms with Gasteiger partial charge in [-0.15, -0.1) is 0 Å². The van der Waals surface area contributed by atoms with Gasteiger partial charge in [0.05, 0.1) is 6.61 Å². The SMILES string of the molecule is CCOC(=O)C(/C=C/C(C)(C)C)=[N+]=[N-]. The van der Waals surface area contributed by atoms with Crippen LogP contribution in [-0.4, -0.2) is 23.1 Å². The van der Waals surface area contributed by atoms with Crippen molar-refractivity contribution in [2.45, 2.75) is 27.7 Å². The van der Waals surface area contributed by atoms with E-state index in [4.69, 9.17) is 5.53 Å². The maximum absolute atomic E-state index is 11.1. The van der Waals surface area contributed by atoms with Gasteiger partial charge >= 0.3 is 11.7 Å². The van der Waals surface area contributed by atoms with Crippen LogP contribution in [-0.2, 0) is 9.53 Å². The molecule has 0 aliphatic carbocycles. The Morgan fingerprint density at radius 3 is 2.43 bits per heavy atom. The van der Waals surface area contributed by atoms with Gasteiger partial charge in [0.15, 0.2) is 0 Å². The molecule has 0 aliphatic heterocycles. The molecule has 0 bridgehead atoms. The first-order valence-electron chi connectivity index (χ1n) is 4.49. The highest BCUT2D eigenvalue weighted by Crippen LogP contribution is 2.14. The van der Waals surface area contributed by atoms with Gasteiger partial charge in [-0.05, 0) is 12.3 Å². The van der Waals surface area contributed by atoms with Crippen molar-refractivity contribution in [3.63, 3.8) is 0 Å². The summed E-state index contributed by atoms with van der Waals surface area (Å²) in [6, 6.07) is 0. The molecular weight excluding hydrogens is 180 g/mol. The molecule has 0 aliphatic rings. The smallest absolute Gasteiger partial charge is 0.421 e. The van der Waals surface area contributed by atoms with Gasteiger partial charge in [-0.1, -0.05) is 26.8 Å². The zero-order valence-electron chi connectivity index (χ0n) is 9.07. The Labute approximate surface area is 84.2 Å². The molecule has 0 atom stereocenters.